The van der Waals surface area contributed by atoms with Crippen molar-refractivity contribution in [2.75, 3.05) is 11.9 Å². The van der Waals surface area contributed by atoms with Crippen LogP contribution in [0.2, 0.25) is 5.02 Å². The molecular weight excluding hydrogens is 252 g/mol. The maximum Gasteiger partial charge on any atom is 0.350 e. The third-order valence-electron chi connectivity index (χ3n) is 2.20. The molecule has 0 aliphatic rings. The summed E-state index contributed by atoms with van der Waals surface area (Å²) in [6, 6.07) is 7.20. The smallest absolute Gasteiger partial charge is 0.350 e. The first kappa shape index (κ1) is 14.1. The van der Waals surface area contributed by atoms with E-state index in [9.17, 15) is 4.79 Å². The molecule has 0 aliphatic carbocycles. The summed E-state index contributed by atoms with van der Waals surface area (Å²) in [7, 11) is 0. The molecule has 0 fully saturated rings. The average Bonchev–Trinajstić information content (AvgIpc) is 2.33. The highest BCUT2D eigenvalue weighted by Gasteiger charge is 2.10. The highest BCUT2D eigenvalue weighted by atomic mass is 35.5. The Morgan fingerprint density at radius 3 is 2.89 bits per heavy atom. The summed E-state index contributed by atoms with van der Waals surface area (Å²) in [6.45, 7) is 3.78. The zero-order valence-corrected chi connectivity index (χ0v) is 10.9. The van der Waals surface area contributed by atoms with Crippen molar-refractivity contribution in [1.29, 1.82) is 5.26 Å². The summed E-state index contributed by atoms with van der Waals surface area (Å²) in [5.74, 6) is -0.655. The minimum atomic E-state index is -0.655. The molecule has 1 aromatic carbocycles. The van der Waals surface area contributed by atoms with E-state index in [1.54, 1.807) is 19.1 Å². The van der Waals surface area contributed by atoms with Gasteiger partial charge in [-0.15, -0.1) is 0 Å². The van der Waals surface area contributed by atoms with Gasteiger partial charge in [-0.2, -0.15) is 5.26 Å². The number of halogens is 1. The number of anilines is 1. The van der Waals surface area contributed by atoms with E-state index in [1.165, 1.54) is 6.20 Å². The van der Waals surface area contributed by atoms with Crippen molar-refractivity contribution in [2.45, 2.75) is 13.8 Å². The zero-order valence-electron chi connectivity index (χ0n) is 10.2. The molecule has 0 heterocycles. The Kier molecular flexibility index (Phi) is 5.22. The van der Waals surface area contributed by atoms with Crippen molar-refractivity contribution >= 4 is 23.3 Å². The standard InChI is InChI=1S/C13H13ClN2O2/c1-3-18-13(17)10(7-15)8-16-12-9(2)5-4-6-11(12)14/h4-6,8,16H,3H2,1-2H3. The van der Waals surface area contributed by atoms with Crippen LogP contribution < -0.4 is 5.32 Å². The van der Waals surface area contributed by atoms with Crippen LogP contribution >= 0.6 is 11.6 Å². The monoisotopic (exact) mass is 264 g/mol. The van der Waals surface area contributed by atoms with E-state index in [0.717, 1.165) is 5.56 Å². The lowest BCUT2D eigenvalue weighted by molar-refractivity contribution is -0.138. The molecule has 0 amide bonds. The average molecular weight is 265 g/mol. The number of carbonyl (C=O) groups is 1. The number of nitriles is 1. The normalized spacial score (nSPS) is 10.7. The number of nitrogens with zero attached hydrogens (tertiary/aromatic N) is 1. The molecule has 1 N–H and O–H groups in total. The number of benzene rings is 1. The Labute approximate surface area is 111 Å². The lowest BCUT2D eigenvalue weighted by Crippen LogP contribution is -2.08. The van der Waals surface area contributed by atoms with E-state index in [1.807, 2.05) is 19.1 Å². The fraction of sp³-hybridized carbons (Fsp3) is 0.231. The second kappa shape index (κ2) is 6.67. The third kappa shape index (κ3) is 3.51. The summed E-state index contributed by atoms with van der Waals surface area (Å²) < 4.78 is 4.74. The zero-order chi connectivity index (χ0) is 13.5. The second-order valence-corrected chi connectivity index (χ2v) is 3.87. The van der Waals surface area contributed by atoms with Gasteiger partial charge in [0.2, 0.25) is 0 Å². The minimum Gasteiger partial charge on any atom is -0.462 e. The fourth-order valence-electron chi connectivity index (χ4n) is 1.30. The molecule has 0 bridgehead atoms. The Bertz CT molecular complexity index is 498. The number of ether oxygens (including phenoxy) is 1. The number of carbonyl (C=O) groups excluding carboxylic acids is 1. The van der Waals surface area contributed by atoms with Crippen molar-refractivity contribution < 1.29 is 9.53 Å². The van der Waals surface area contributed by atoms with Crippen LogP contribution in [0.3, 0.4) is 0 Å². The van der Waals surface area contributed by atoms with Gasteiger partial charge in [-0.05, 0) is 25.5 Å². The quantitative estimate of drug-likeness (QED) is 0.516. The van der Waals surface area contributed by atoms with Crippen LogP contribution in [0, 0.1) is 18.3 Å². The topological polar surface area (TPSA) is 62.1 Å². The predicted molar refractivity (Wildman–Crippen MR) is 70.1 cm³/mol. The lowest BCUT2D eigenvalue weighted by Gasteiger charge is -2.08. The molecule has 0 aliphatic heterocycles. The van der Waals surface area contributed by atoms with Crippen LogP contribution in [0.15, 0.2) is 30.0 Å². The van der Waals surface area contributed by atoms with E-state index in [4.69, 9.17) is 21.6 Å². The van der Waals surface area contributed by atoms with Gasteiger partial charge < -0.3 is 10.1 Å². The molecule has 1 rings (SSSR count). The third-order valence-corrected chi connectivity index (χ3v) is 2.51. The second-order valence-electron chi connectivity index (χ2n) is 3.47. The molecule has 4 nitrogen and oxygen atoms in total. The van der Waals surface area contributed by atoms with E-state index in [2.05, 4.69) is 5.32 Å². The lowest BCUT2D eigenvalue weighted by atomic mass is 10.2. The Balaban J connectivity index is 2.91. The summed E-state index contributed by atoms with van der Waals surface area (Å²) in [5.41, 5.74) is 1.48. The maximum absolute atomic E-state index is 11.4. The van der Waals surface area contributed by atoms with Crippen LogP contribution in [0.4, 0.5) is 5.69 Å². The summed E-state index contributed by atoms with van der Waals surface area (Å²) >= 11 is 6.01. The molecule has 0 saturated carbocycles. The SMILES string of the molecule is CCOC(=O)C(C#N)=CNc1c(C)cccc1Cl. The Morgan fingerprint density at radius 1 is 1.61 bits per heavy atom. The first-order valence-corrected chi connectivity index (χ1v) is 5.77. The van der Waals surface area contributed by atoms with E-state index < -0.39 is 5.97 Å². The molecule has 94 valence electrons. The van der Waals surface area contributed by atoms with E-state index in [0.29, 0.717) is 10.7 Å². The van der Waals surface area contributed by atoms with Gasteiger partial charge in [-0.1, -0.05) is 23.7 Å². The molecule has 0 unspecified atom stereocenters. The molecular formula is C13H13ClN2O2. The molecule has 0 aromatic heterocycles. The van der Waals surface area contributed by atoms with Crippen LogP contribution in [-0.2, 0) is 9.53 Å². The highest BCUT2D eigenvalue weighted by molar-refractivity contribution is 6.33. The first-order valence-electron chi connectivity index (χ1n) is 5.39. The van der Waals surface area contributed by atoms with Crippen LogP contribution in [-0.4, -0.2) is 12.6 Å². The van der Waals surface area contributed by atoms with Gasteiger partial charge in [0.1, 0.15) is 6.07 Å². The van der Waals surface area contributed by atoms with Gasteiger partial charge in [0.25, 0.3) is 0 Å². The highest BCUT2D eigenvalue weighted by Crippen LogP contribution is 2.25. The fourth-order valence-corrected chi connectivity index (χ4v) is 1.58. The molecule has 0 saturated heterocycles. The minimum absolute atomic E-state index is 0.101. The van der Waals surface area contributed by atoms with Crippen LogP contribution in [0.25, 0.3) is 0 Å². The van der Waals surface area contributed by atoms with Crippen LogP contribution in [0.1, 0.15) is 12.5 Å². The number of aryl methyl sites for hydroxylation is 1. The molecule has 0 spiro atoms. The number of rotatable bonds is 4. The maximum atomic E-state index is 11.4. The molecule has 5 heteroatoms. The first-order chi connectivity index (χ1) is 8.60. The van der Waals surface area contributed by atoms with Gasteiger partial charge >= 0.3 is 5.97 Å². The van der Waals surface area contributed by atoms with Gasteiger partial charge in [-0.3, -0.25) is 0 Å². The predicted octanol–water partition coefficient (Wildman–Crippen LogP) is 3.03. The number of hydrogen-bond acceptors (Lipinski definition) is 4. The Morgan fingerprint density at radius 2 is 2.33 bits per heavy atom. The van der Waals surface area contributed by atoms with E-state index >= 15 is 0 Å². The Hall–Kier alpha value is -1.99. The number of para-hydroxylation sites is 1. The molecule has 0 atom stereocenters. The van der Waals surface area contributed by atoms with Gasteiger partial charge in [0, 0.05) is 6.20 Å². The largest absolute Gasteiger partial charge is 0.462 e. The summed E-state index contributed by atoms with van der Waals surface area (Å²) in [5, 5.41) is 12.2. The molecule has 1 aromatic rings. The van der Waals surface area contributed by atoms with Crippen LogP contribution in [0.5, 0.6) is 0 Å². The van der Waals surface area contributed by atoms with Crippen molar-refractivity contribution in [3.8, 4) is 6.07 Å². The number of hydrogen-bond donors (Lipinski definition) is 1. The van der Waals surface area contributed by atoms with Gasteiger partial charge in [0.15, 0.2) is 5.57 Å². The van der Waals surface area contributed by atoms with E-state index in [-0.39, 0.29) is 12.2 Å². The summed E-state index contributed by atoms with van der Waals surface area (Å²) in [6.07, 6.45) is 1.30. The van der Waals surface area contributed by atoms with Crippen molar-refractivity contribution in [1.82, 2.24) is 0 Å². The molecule has 0 radical (unpaired) electrons. The number of nitrogens with one attached hydrogen (secondary N) is 1. The number of esters is 1. The van der Waals surface area contributed by atoms with Crippen molar-refractivity contribution in [3.05, 3.63) is 40.6 Å². The van der Waals surface area contributed by atoms with Crippen molar-refractivity contribution in [2.24, 2.45) is 0 Å². The van der Waals surface area contributed by atoms with Crippen molar-refractivity contribution in [3.63, 3.8) is 0 Å². The molecule has 18 heavy (non-hydrogen) atoms. The summed E-state index contributed by atoms with van der Waals surface area (Å²) in [4.78, 5) is 11.4. The van der Waals surface area contributed by atoms with Gasteiger partial charge in [-0.25, -0.2) is 4.79 Å². The van der Waals surface area contributed by atoms with Gasteiger partial charge in [0.05, 0.1) is 17.3 Å².